The summed E-state index contributed by atoms with van der Waals surface area (Å²) in [6.07, 6.45) is 0.632. The summed E-state index contributed by atoms with van der Waals surface area (Å²) in [5.74, 6) is 2.68. The molecule has 0 saturated heterocycles. The number of benzene rings is 2. The van der Waals surface area contributed by atoms with Crippen molar-refractivity contribution in [3.05, 3.63) is 48.0 Å². The first-order valence-corrected chi connectivity index (χ1v) is 9.83. The van der Waals surface area contributed by atoms with Gasteiger partial charge in [0.25, 0.3) is 5.91 Å². The van der Waals surface area contributed by atoms with Crippen LogP contribution in [0.4, 0.5) is 0 Å². The molecule has 0 aliphatic carbocycles. The third-order valence-electron chi connectivity index (χ3n) is 5.00. The van der Waals surface area contributed by atoms with E-state index in [2.05, 4.69) is 5.32 Å². The number of rotatable bonds is 7. The van der Waals surface area contributed by atoms with E-state index in [4.69, 9.17) is 18.9 Å². The van der Waals surface area contributed by atoms with E-state index in [0.29, 0.717) is 18.6 Å². The van der Waals surface area contributed by atoms with Crippen LogP contribution < -0.4 is 24.3 Å². The van der Waals surface area contributed by atoms with Gasteiger partial charge in [-0.3, -0.25) is 4.79 Å². The lowest BCUT2D eigenvalue weighted by atomic mass is 9.89. The zero-order valence-corrected chi connectivity index (χ0v) is 17.7. The molecular weight excluding hydrogens is 370 g/mol. The highest BCUT2D eigenvalue weighted by molar-refractivity contribution is 5.81. The van der Waals surface area contributed by atoms with Gasteiger partial charge in [-0.1, -0.05) is 6.92 Å². The molecule has 0 saturated carbocycles. The number of carbonyl (C=O) groups excluding carboxylic acids is 1. The molecule has 1 N–H and O–H groups in total. The molecule has 6 nitrogen and oxygen atoms in total. The topological polar surface area (TPSA) is 66.0 Å². The van der Waals surface area contributed by atoms with Crippen LogP contribution in [0.1, 0.15) is 45.2 Å². The van der Waals surface area contributed by atoms with E-state index in [1.54, 1.807) is 26.4 Å². The molecule has 156 valence electrons. The van der Waals surface area contributed by atoms with Gasteiger partial charge in [-0.05, 0) is 56.7 Å². The van der Waals surface area contributed by atoms with Crippen molar-refractivity contribution in [2.45, 2.75) is 51.4 Å². The molecule has 1 aliphatic rings. The molecule has 0 unspecified atom stereocenters. The molecule has 0 aromatic heterocycles. The van der Waals surface area contributed by atoms with Crippen LogP contribution in [0.3, 0.4) is 0 Å². The average molecular weight is 399 g/mol. The van der Waals surface area contributed by atoms with Crippen LogP contribution in [0, 0.1) is 0 Å². The molecular formula is C23H29NO5. The van der Waals surface area contributed by atoms with Crippen LogP contribution in [0.2, 0.25) is 0 Å². The normalized spacial score (nSPS) is 18.0. The van der Waals surface area contributed by atoms with Gasteiger partial charge >= 0.3 is 0 Å². The Hall–Kier alpha value is -2.89. The number of hydrogen-bond acceptors (Lipinski definition) is 5. The predicted molar refractivity (Wildman–Crippen MR) is 111 cm³/mol. The highest BCUT2D eigenvalue weighted by Gasteiger charge is 2.36. The number of ether oxygens (including phenoxy) is 4. The molecule has 1 aliphatic heterocycles. The summed E-state index contributed by atoms with van der Waals surface area (Å²) in [5, 5.41) is 3.15. The molecule has 0 fully saturated rings. The fourth-order valence-electron chi connectivity index (χ4n) is 3.49. The van der Waals surface area contributed by atoms with Gasteiger partial charge in [0.1, 0.15) is 28.6 Å². The van der Waals surface area contributed by atoms with Crippen molar-refractivity contribution in [2.24, 2.45) is 0 Å². The minimum absolute atomic E-state index is 0.146. The number of carbonyl (C=O) groups is 1. The van der Waals surface area contributed by atoms with Crippen molar-refractivity contribution < 1.29 is 23.7 Å². The Balaban J connectivity index is 1.75. The van der Waals surface area contributed by atoms with Crippen LogP contribution in [-0.2, 0) is 4.79 Å². The number of nitrogens with one attached hydrogen (secondary N) is 1. The monoisotopic (exact) mass is 399 g/mol. The highest BCUT2D eigenvalue weighted by atomic mass is 16.5. The second-order valence-electron chi connectivity index (χ2n) is 7.72. The first kappa shape index (κ1) is 20.8. The molecule has 2 aromatic carbocycles. The standard InChI is InChI=1S/C23H29NO5/c1-6-20(28-16-9-7-15(26-4)8-10-16)22(25)24-19-14-23(2,3)29-21-13-17(27-5)11-12-18(19)21/h7-13,19-20H,6,14H2,1-5H3,(H,24,25)/t19-,20-/m0/s1. The molecule has 2 aromatic rings. The Morgan fingerprint density at radius 3 is 2.34 bits per heavy atom. The van der Waals surface area contributed by atoms with E-state index in [-0.39, 0.29) is 11.9 Å². The largest absolute Gasteiger partial charge is 0.497 e. The Labute approximate surface area is 172 Å². The number of amides is 1. The second kappa shape index (κ2) is 8.64. The average Bonchev–Trinajstić information content (AvgIpc) is 2.70. The summed E-state index contributed by atoms with van der Waals surface area (Å²) in [4.78, 5) is 13.0. The van der Waals surface area contributed by atoms with Crippen molar-refractivity contribution in [1.82, 2.24) is 5.32 Å². The number of fused-ring (bicyclic) bond motifs is 1. The summed E-state index contributed by atoms with van der Waals surface area (Å²) >= 11 is 0. The lowest BCUT2D eigenvalue weighted by Gasteiger charge is -2.38. The maximum Gasteiger partial charge on any atom is 0.261 e. The zero-order chi connectivity index (χ0) is 21.0. The van der Waals surface area contributed by atoms with Crippen LogP contribution in [0.15, 0.2) is 42.5 Å². The summed E-state index contributed by atoms with van der Waals surface area (Å²) in [5.41, 5.74) is 0.536. The van der Waals surface area contributed by atoms with Crippen molar-refractivity contribution in [3.8, 4) is 23.0 Å². The fourth-order valence-corrected chi connectivity index (χ4v) is 3.49. The SMILES string of the molecule is CC[C@H](Oc1ccc(OC)cc1)C(=O)N[C@H]1CC(C)(C)Oc2cc(OC)ccc21. The molecule has 29 heavy (non-hydrogen) atoms. The number of hydrogen-bond donors (Lipinski definition) is 1. The van der Waals surface area contributed by atoms with Gasteiger partial charge in [0, 0.05) is 18.1 Å². The molecule has 3 rings (SSSR count). The minimum atomic E-state index is -0.587. The molecule has 0 radical (unpaired) electrons. The van der Waals surface area contributed by atoms with E-state index in [1.807, 2.05) is 51.1 Å². The van der Waals surface area contributed by atoms with Crippen molar-refractivity contribution in [3.63, 3.8) is 0 Å². The van der Waals surface area contributed by atoms with Gasteiger partial charge in [-0.25, -0.2) is 0 Å². The van der Waals surface area contributed by atoms with Gasteiger partial charge in [0.2, 0.25) is 0 Å². The van der Waals surface area contributed by atoms with Crippen LogP contribution in [0.5, 0.6) is 23.0 Å². The molecule has 6 heteroatoms. The van der Waals surface area contributed by atoms with E-state index < -0.39 is 11.7 Å². The first-order valence-electron chi connectivity index (χ1n) is 9.83. The molecule has 1 amide bonds. The van der Waals surface area contributed by atoms with Gasteiger partial charge in [0.05, 0.1) is 20.3 Å². The minimum Gasteiger partial charge on any atom is -0.497 e. The van der Waals surface area contributed by atoms with Crippen LogP contribution >= 0.6 is 0 Å². The van der Waals surface area contributed by atoms with Gasteiger partial charge in [0.15, 0.2) is 6.10 Å². The molecule has 0 spiro atoms. The quantitative estimate of drug-likeness (QED) is 0.753. The Bertz CT molecular complexity index is 847. The third-order valence-corrected chi connectivity index (χ3v) is 5.00. The van der Waals surface area contributed by atoms with Crippen LogP contribution in [-0.4, -0.2) is 31.8 Å². The Morgan fingerprint density at radius 2 is 1.72 bits per heavy atom. The third kappa shape index (κ3) is 4.94. The van der Waals surface area contributed by atoms with Crippen molar-refractivity contribution in [2.75, 3.05) is 14.2 Å². The Kier molecular flexibility index (Phi) is 6.20. The van der Waals surface area contributed by atoms with E-state index in [1.165, 1.54) is 0 Å². The molecule has 1 heterocycles. The lowest BCUT2D eigenvalue weighted by molar-refractivity contribution is -0.129. The summed E-state index contributed by atoms with van der Waals surface area (Å²) in [6, 6.07) is 12.7. The van der Waals surface area contributed by atoms with E-state index in [9.17, 15) is 4.79 Å². The first-order chi connectivity index (χ1) is 13.8. The van der Waals surface area contributed by atoms with Crippen LogP contribution in [0.25, 0.3) is 0 Å². The van der Waals surface area contributed by atoms with E-state index >= 15 is 0 Å². The summed E-state index contributed by atoms with van der Waals surface area (Å²) in [6.45, 7) is 5.96. The summed E-state index contributed by atoms with van der Waals surface area (Å²) < 4.78 is 22.5. The fraction of sp³-hybridized carbons (Fsp3) is 0.435. The maximum atomic E-state index is 13.0. The van der Waals surface area contributed by atoms with Crippen molar-refractivity contribution in [1.29, 1.82) is 0 Å². The van der Waals surface area contributed by atoms with Crippen molar-refractivity contribution >= 4 is 5.91 Å². The predicted octanol–water partition coefficient (Wildman–Crippen LogP) is 4.28. The zero-order valence-electron chi connectivity index (χ0n) is 17.7. The molecule has 0 bridgehead atoms. The van der Waals surface area contributed by atoms with E-state index in [0.717, 1.165) is 22.8 Å². The number of methoxy groups -OCH3 is 2. The smallest absolute Gasteiger partial charge is 0.261 e. The van der Waals surface area contributed by atoms with Gasteiger partial charge in [-0.15, -0.1) is 0 Å². The highest BCUT2D eigenvalue weighted by Crippen LogP contribution is 2.41. The van der Waals surface area contributed by atoms with Gasteiger partial charge < -0.3 is 24.3 Å². The summed E-state index contributed by atoms with van der Waals surface area (Å²) in [7, 11) is 3.23. The Morgan fingerprint density at radius 1 is 1.10 bits per heavy atom. The maximum absolute atomic E-state index is 13.0. The second-order valence-corrected chi connectivity index (χ2v) is 7.72. The van der Waals surface area contributed by atoms with Gasteiger partial charge in [-0.2, -0.15) is 0 Å². The lowest BCUT2D eigenvalue weighted by Crippen LogP contribution is -2.45. The molecule has 2 atom stereocenters.